The molecule has 0 saturated carbocycles. The van der Waals surface area contributed by atoms with Crippen LogP contribution in [0.25, 0.3) is 5.69 Å². The lowest BCUT2D eigenvalue weighted by Gasteiger charge is -2.11. The van der Waals surface area contributed by atoms with Crippen LogP contribution in [0.4, 0.5) is 5.69 Å². The Morgan fingerprint density at radius 1 is 1.45 bits per heavy atom. The third-order valence-electron chi connectivity index (χ3n) is 3.57. The van der Waals surface area contributed by atoms with Gasteiger partial charge in [0.15, 0.2) is 0 Å². The highest BCUT2D eigenvalue weighted by atomic mass is 16.2. The number of nitrogens with zero attached hydrogens (tertiary/aromatic N) is 2. The predicted molar refractivity (Wildman–Crippen MR) is 78.0 cm³/mol. The van der Waals surface area contributed by atoms with E-state index in [9.17, 15) is 4.79 Å². The second-order valence-corrected chi connectivity index (χ2v) is 4.99. The minimum Gasteiger partial charge on any atom is -0.324 e. The third-order valence-corrected chi connectivity index (χ3v) is 3.57. The normalized spacial score (nSPS) is 17.1. The van der Waals surface area contributed by atoms with Crippen molar-refractivity contribution in [3.8, 4) is 5.69 Å². The van der Waals surface area contributed by atoms with Crippen LogP contribution >= 0.6 is 0 Å². The largest absolute Gasteiger partial charge is 0.324 e. The Hall–Kier alpha value is -2.14. The second kappa shape index (κ2) is 5.09. The van der Waals surface area contributed by atoms with Crippen molar-refractivity contribution < 1.29 is 4.79 Å². The number of hydrogen-bond acceptors (Lipinski definition) is 3. The van der Waals surface area contributed by atoms with Gasteiger partial charge >= 0.3 is 0 Å². The van der Waals surface area contributed by atoms with Gasteiger partial charge < -0.3 is 15.2 Å². The lowest BCUT2D eigenvalue weighted by molar-refractivity contribution is -0.117. The summed E-state index contributed by atoms with van der Waals surface area (Å²) < 4.78 is 2.00. The van der Waals surface area contributed by atoms with Gasteiger partial charge in [-0.15, -0.1) is 0 Å². The molecule has 104 valence electrons. The molecular weight excluding hydrogens is 252 g/mol. The van der Waals surface area contributed by atoms with Crippen LogP contribution in [0.2, 0.25) is 0 Å². The summed E-state index contributed by atoms with van der Waals surface area (Å²) in [6.07, 6.45) is 4.69. The molecule has 1 aliphatic heterocycles. The van der Waals surface area contributed by atoms with Crippen molar-refractivity contribution in [2.45, 2.75) is 26.3 Å². The van der Waals surface area contributed by atoms with E-state index in [-0.39, 0.29) is 11.9 Å². The van der Waals surface area contributed by atoms with Crippen molar-refractivity contribution >= 4 is 11.6 Å². The van der Waals surface area contributed by atoms with E-state index in [1.54, 1.807) is 6.20 Å². The number of carbonyl (C=O) groups excluding carboxylic acids is 1. The average Bonchev–Trinajstić information content (AvgIpc) is 2.99. The van der Waals surface area contributed by atoms with Gasteiger partial charge in [-0.3, -0.25) is 4.79 Å². The number of fused-ring (bicyclic) bond motifs is 1. The molecule has 0 radical (unpaired) electrons. The molecule has 5 heteroatoms. The molecule has 0 aliphatic carbocycles. The Bertz CT molecular complexity index is 647. The lowest BCUT2D eigenvalue weighted by Crippen LogP contribution is -2.27. The molecular formula is C15H18N4O. The van der Waals surface area contributed by atoms with Crippen LogP contribution in [0.15, 0.2) is 30.6 Å². The fourth-order valence-electron chi connectivity index (χ4n) is 2.54. The van der Waals surface area contributed by atoms with E-state index in [0.29, 0.717) is 0 Å². The Morgan fingerprint density at radius 2 is 2.30 bits per heavy atom. The highest BCUT2D eigenvalue weighted by Gasteiger charge is 2.29. The zero-order valence-electron chi connectivity index (χ0n) is 11.7. The molecule has 0 fully saturated rings. The molecule has 0 saturated heterocycles. The number of carbonyl (C=O) groups is 1. The smallest absolute Gasteiger partial charge is 0.246 e. The van der Waals surface area contributed by atoms with E-state index in [4.69, 9.17) is 0 Å². The molecule has 1 aliphatic rings. The van der Waals surface area contributed by atoms with Gasteiger partial charge in [-0.25, -0.2) is 4.98 Å². The monoisotopic (exact) mass is 270 g/mol. The van der Waals surface area contributed by atoms with Crippen molar-refractivity contribution in [3.05, 3.63) is 42.0 Å². The van der Waals surface area contributed by atoms with Crippen molar-refractivity contribution in [2.24, 2.45) is 0 Å². The Kier molecular flexibility index (Phi) is 3.28. The standard InChI is InChI=1S/C15H18N4O/c1-3-6-17-14-12-5-4-11(9-13(12)18-15(14)20)19-8-7-16-10(19)2/h4-5,7-9,14,17H,3,6H2,1-2H3,(H,18,20). The number of benzene rings is 1. The molecule has 1 atom stereocenters. The van der Waals surface area contributed by atoms with E-state index in [0.717, 1.165) is 35.7 Å². The fraction of sp³-hybridized carbons (Fsp3) is 0.333. The first-order chi connectivity index (χ1) is 9.70. The Labute approximate surface area is 118 Å². The Balaban J connectivity index is 1.94. The molecule has 1 amide bonds. The zero-order valence-corrected chi connectivity index (χ0v) is 11.7. The number of imidazole rings is 1. The van der Waals surface area contributed by atoms with E-state index >= 15 is 0 Å². The first-order valence-corrected chi connectivity index (χ1v) is 6.89. The van der Waals surface area contributed by atoms with Gasteiger partial charge in [0.1, 0.15) is 11.9 Å². The minimum atomic E-state index is -0.233. The summed E-state index contributed by atoms with van der Waals surface area (Å²) in [6, 6.07) is 5.79. The zero-order chi connectivity index (χ0) is 14.1. The number of aromatic nitrogens is 2. The summed E-state index contributed by atoms with van der Waals surface area (Å²) in [5.74, 6) is 0.947. The van der Waals surface area contributed by atoms with Gasteiger partial charge in [0.2, 0.25) is 5.91 Å². The average molecular weight is 270 g/mol. The summed E-state index contributed by atoms with van der Waals surface area (Å²) in [5.41, 5.74) is 2.91. The summed E-state index contributed by atoms with van der Waals surface area (Å²) in [5, 5.41) is 6.21. The number of anilines is 1. The van der Waals surface area contributed by atoms with Gasteiger partial charge in [0.05, 0.1) is 0 Å². The van der Waals surface area contributed by atoms with E-state index < -0.39 is 0 Å². The van der Waals surface area contributed by atoms with Gasteiger partial charge in [-0.1, -0.05) is 13.0 Å². The summed E-state index contributed by atoms with van der Waals surface area (Å²) in [7, 11) is 0. The van der Waals surface area contributed by atoms with E-state index in [1.807, 2.05) is 35.9 Å². The van der Waals surface area contributed by atoms with Gasteiger partial charge in [-0.2, -0.15) is 0 Å². The first-order valence-electron chi connectivity index (χ1n) is 6.89. The maximum atomic E-state index is 12.0. The SMILES string of the molecule is CCCNC1C(=O)Nc2cc(-n3ccnc3C)ccc21. The fourth-order valence-corrected chi connectivity index (χ4v) is 2.54. The summed E-state index contributed by atoms with van der Waals surface area (Å²) >= 11 is 0. The third kappa shape index (κ3) is 2.10. The molecule has 2 N–H and O–H groups in total. The predicted octanol–water partition coefficient (Wildman–Crippen LogP) is 2.17. The van der Waals surface area contributed by atoms with Crippen LogP contribution in [0.1, 0.15) is 30.8 Å². The quantitative estimate of drug-likeness (QED) is 0.895. The van der Waals surface area contributed by atoms with Crippen LogP contribution in [0.5, 0.6) is 0 Å². The maximum absolute atomic E-state index is 12.0. The highest BCUT2D eigenvalue weighted by Crippen LogP contribution is 2.32. The summed E-state index contributed by atoms with van der Waals surface area (Å²) in [4.78, 5) is 16.2. The summed E-state index contributed by atoms with van der Waals surface area (Å²) in [6.45, 7) is 4.88. The van der Waals surface area contributed by atoms with Crippen molar-refractivity contribution in [3.63, 3.8) is 0 Å². The number of aryl methyl sites for hydroxylation is 1. The highest BCUT2D eigenvalue weighted by molar-refractivity contribution is 6.02. The minimum absolute atomic E-state index is 0.0213. The van der Waals surface area contributed by atoms with Crippen LogP contribution in [0.3, 0.4) is 0 Å². The maximum Gasteiger partial charge on any atom is 0.246 e. The molecule has 2 heterocycles. The number of rotatable bonds is 4. The molecule has 1 unspecified atom stereocenters. The molecule has 1 aromatic heterocycles. The van der Waals surface area contributed by atoms with Crippen LogP contribution in [0, 0.1) is 6.92 Å². The van der Waals surface area contributed by atoms with Crippen molar-refractivity contribution in [1.82, 2.24) is 14.9 Å². The van der Waals surface area contributed by atoms with Crippen LogP contribution in [-0.4, -0.2) is 22.0 Å². The molecule has 0 spiro atoms. The first kappa shape index (κ1) is 12.9. The van der Waals surface area contributed by atoms with Crippen molar-refractivity contribution in [1.29, 1.82) is 0 Å². The second-order valence-electron chi connectivity index (χ2n) is 4.99. The molecule has 0 bridgehead atoms. The topological polar surface area (TPSA) is 59.0 Å². The van der Waals surface area contributed by atoms with Gasteiger partial charge in [0.25, 0.3) is 0 Å². The van der Waals surface area contributed by atoms with Gasteiger partial charge in [-0.05, 0) is 32.0 Å². The van der Waals surface area contributed by atoms with E-state index in [1.165, 1.54) is 0 Å². The molecule has 3 rings (SSSR count). The lowest BCUT2D eigenvalue weighted by atomic mass is 10.1. The van der Waals surface area contributed by atoms with Crippen LogP contribution < -0.4 is 10.6 Å². The van der Waals surface area contributed by atoms with Crippen molar-refractivity contribution in [2.75, 3.05) is 11.9 Å². The Morgan fingerprint density at radius 3 is 3.00 bits per heavy atom. The number of nitrogens with one attached hydrogen (secondary N) is 2. The van der Waals surface area contributed by atoms with Gasteiger partial charge in [0, 0.05) is 29.3 Å². The molecule has 1 aromatic carbocycles. The molecule has 20 heavy (non-hydrogen) atoms. The van der Waals surface area contributed by atoms with E-state index in [2.05, 4.69) is 22.5 Å². The van der Waals surface area contributed by atoms with Crippen LogP contribution in [-0.2, 0) is 4.79 Å². The molecule has 2 aromatic rings. The molecule has 5 nitrogen and oxygen atoms in total. The number of amides is 1. The number of hydrogen-bond donors (Lipinski definition) is 2.